The van der Waals surface area contributed by atoms with Gasteiger partial charge in [-0.25, -0.2) is 4.98 Å². The molecule has 0 aliphatic heterocycles. The first-order chi connectivity index (χ1) is 8.63. The molecule has 0 radical (unpaired) electrons. The van der Waals surface area contributed by atoms with E-state index in [1.807, 2.05) is 13.0 Å². The molecular weight excluding hydrogens is 292 g/mol. The van der Waals surface area contributed by atoms with Crippen molar-refractivity contribution in [2.24, 2.45) is 5.92 Å². The van der Waals surface area contributed by atoms with Gasteiger partial charge < -0.3 is 0 Å². The summed E-state index contributed by atoms with van der Waals surface area (Å²) in [6.07, 6.45) is 0. The van der Waals surface area contributed by atoms with Gasteiger partial charge in [-0.1, -0.05) is 6.92 Å². The predicted octanol–water partition coefficient (Wildman–Crippen LogP) is 4.17. The largest absolute Gasteiger partial charge is 0.309 e. The molecule has 4 nitrogen and oxygen atoms in total. The fraction of sp³-hybridized carbons (Fsp3) is 0.364. The van der Waals surface area contributed by atoms with Crippen LogP contribution >= 0.6 is 34.7 Å². The van der Waals surface area contributed by atoms with Crippen LogP contribution in [0.1, 0.15) is 6.92 Å². The second-order valence-electron chi connectivity index (χ2n) is 3.94. The number of hydrogen-bond acceptors (Lipinski definition) is 5. The third kappa shape index (κ3) is 2.76. The molecule has 7 heteroatoms. The summed E-state index contributed by atoms with van der Waals surface area (Å²) in [7, 11) is 0. The number of rotatable bonds is 5. The number of aromatic nitrogens is 1. The predicted molar refractivity (Wildman–Crippen MR) is 76.9 cm³/mol. The van der Waals surface area contributed by atoms with Crippen LogP contribution in [0, 0.1) is 16.0 Å². The highest BCUT2D eigenvalue weighted by Crippen LogP contribution is 2.37. The van der Waals surface area contributed by atoms with Crippen molar-refractivity contribution < 1.29 is 4.92 Å². The lowest BCUT2D eigenvalue weighted by Gasteiger charge is -2.07. The molecule has 96 valence electrons. The smallest absolute Gasteiger partial charge is 0.258 e. The summed E-state index contributed by atoms with van der Waals surface area (Å²) in [5, 5.41) is 11.2. The van der Waals surface area contributed by atoms with E-state index in [1.54, 1.807) is 11.6 Å². The SMILES string of the molecule is CC(CCl)CSc1ccc2scnc2c1[N+](=O)[O-]. The molecule has 0 aliphatic rings. The molecule has 0 bridgehead atoms. The lowest BCUT2D eigenvalue weighted by Crippen LogP contribution is -2.00. The van der Waals surface area contributed by atoms with E-state index < -0.39 is 0 Å². The zero-order valence-corrected chi connectivity index (χ0v) is 12.0. The molecular formula is C11H11ClN2O2S2. The van der Waals surface area contributed by atoms with Crippen LogP contribution in [0.4, 0.5) is 5.69 Å². The van der Waals surface area contributed by atoms with Crippen LogP contribution < -0.4 is 0 Å². The fourth-order valence-corrected chi connectivity index (χ4v) is 3.44. The molecule has 2 aromatic rings. The Morgan fingerprint density at radius 1 is 1.61 bits per heavy atom. The minimum atomic E-state index is -0.351. The summed E-state index contributed by atoms with van der Waals surface area (Å²) < 4.78 is 0.844. The Labute approximate surface area is 118 Å². The number of benzene rings is 1. The number of thioether (sulfide) groups is 1. The van der Waals surface area contributed by atoms with Gasteiger partial charge in [0, 0.05) is 11.6 Å². The van der Waals surface area contributed by atoms with Crippen molar-refractivity contribution in [2.45, 2.75) is 11.8 Å². The lowest BCUT2D eigenvalue weighted by atomic mass is 10.3. The number of nitro groups is 1. The van der Waals surface area contributed by atoms with Crippen LogP contribution in [-0.2, 0) is 0 Å². The number of fused-ring (bicyclic) bond motifs is 1. The van der Waals surface area contributed by atoms with Crippen LogP contribution in [-0.4, -0.2) is 21.5 Å². The molecule has 1 atom stereocenters. The van der Waals surface area contributed by atoms with Gasteiger partial charge in [-0.2, -0.15) is 0 Å². The molecule has 0 amide bonds. The van der Waals surface area contributed by atoms with E-state index in [9.17, 15) is 10.1 Å². The third-order valence-corrected chi connectivity index (χ3v) is 5.11. The van der Waals surface area contributed by atoms with Gasteiger partial charge in [0.1, 0.15) is 0 Å². The van der Waals surface area contributed by atoms with Gasteiger partial charge in [-0.05, 0) is 18.1 Å². The second kappa shape index (κ2) is 5.86. The molecule has 0 spiro atoms. The fourth-order valence-electron chi connectivity index (χ4n) is 1.47. The topological polar surface area (TPSA) is 56.0 Å². The van der Waals surface area contributed by atoms with Crippen LogP contribution in [0.25, 0.3) is 10.2 Å². The first kappa shape index (κ1) is 13.6. The Morgan fingerprint density at radius 2 is 2.39 bits per heavy atom. The van der Waals surface area contributed by atoms with Gasteiger partial charge in [0.15, 0.2) is 5.52 Å². The van der Waals surface area contributed by atoms with Gasteiger partial charge in [0.05, 0.1) is 20.0 Å². The highest BCUT2D eigenvalue weighted by molar-refractivity contribution is 7.99. The Kier molecular flexibility index (Phi) is 4.42. The summed E-state index contributed by atoms with van der Waals surface area (Å²) in [5.74, 6) is 1.64. The molecule has 1 unspecified atom stereocenters. The molecule has 0 saturated carbocycles. The normalized spacial score (nSPS) is 12.8. The van der Waals surface area contributed by atoms with Crippen molar-refractivity contribution in [1.29, 1.82) is 0 Å². The minimum Gasteiger partial charge on any atom is -0.258 e. The summed E-state index contributed by atoms with van der Waals surface area (Å²) >= 11 is 8.62. The van der Waals surface area contributed by atoms with Crippen molar-refractivity contribution in [3.63, 3.8) is 0 Å². The van der Waals surface area contributed by atoms with Gasteiger partial charge in [0.25, 0.3) is 0 Å². The average Bonchev–Trinajstić information content (AvgIpc) is 2.82. The van der Waals surface area contributed by atoms with Gasteiger partial charge in [-0.3, -0.25) is 10.1 Å². The molecule has 18 heavy (non-hydrogen) atoms. The highest BCUT2D eigenvalue weighted by atomic mass is 35.5. The van der Waals surface area contributed by atoms with Gasteiger partial charge >= 0.3 is 5.69 Å². The van der Waals surface area contributed by atoms with Crippen molar-refractivity contribution >= 4 is 50.6 Å². The molecule has 1 aromatic carbocycles. The number of hydrogen-bond donors (Lipinski definition) is 0. The summed E-state index contributed by atoms with van der Waals surface area (Å²) in [4.78, 5) is 15.6. The number of alkyl halides is 1. The minimum absolute atomic E-state index is 0.112. The molecule has 0 saturated heterocycles. The second-order valence-corrected chi connectivity index (χ2v) is 6.20. The first-order valence-corrected chi connectivity index (χ1v) is 7.72. The molecule has 0 N–H and O–H groups in total. The number of halogens is 1. The van der Waals surface area contributed by atoms with E-state index in [4.69, 9.17) is 11.6 Å². The van der Waals surface area contributed by atoms with Crippen LogP contribution in [0.15, 0.2) is 22.5 Å². The zero-order chi connectivity index (χ0) is 13.1. The van der Waals surface area contributed by atoms with Crippen molar-refractivity contribution in [3.05, 3.63) is 27.8 Å². The maximum Gasteiger partial charge on any atom is 0.309 e. The average molecular weight is 303 g/mol. The highest BCUT2D eigenvalue weighted by Gasteiger charge is 2.21. The Balaban J connectivity index is 2.37. The molecule has 2 rings (SSSR count). The first-order valence-electron chi connectivity index (χ1n) is 5.32. The molecule has 1 aromatic heterocycles. The monoisotopic (exact) mass is 302 g/mol. The van der Waals surface area contributed by atoms with Crippen molar-refractivity contribution in [1.82, 2.24) is 4.98 Å². The summed E-state index contributed by atoms with van der Waals surface area (Å²) in [5.41, 5.74) is 2.22. The van der Waals surface area contributed by atoms with E-state index in [2.05, 4.69) is 4.98 Å². The van der Waals surface area contributed by atoms with E-state index >= 15 is 0 Å². The van der Waals surface area contributed by atoms with E-state index in [0.717, 1.165) is 10.5 Å². The van der Waals surface area contributed by atoms with Crippen LogP contribution in [0.2, 0.25) is 0 Å². The maximum atomic E-state index is 11.2. The van der Waals surface area contributed by atoms with E-state index in [-0.39, 0.29) is 10.6 Å². The summed E-state index contributed by atoms with van der Waals surface area (Å²) in [6.45, 7) is 2.02. The van der Waals surface area contributed by atoms with Gasteiger partial charge in [-0.15, -0.1) is 34.7 Å². The Bertz CT molecular complexity index is 573. The molecule has 0 aliphatic carbocycles. The Morgan fingerprint density at radius 3 is 3.06 bits per heavy atom. The summed E-state index contributed by atoms with van der Waals surface area (Å²) in [6, 6.07) is 3.68. The van der Waals surface area contributed by atoms with Crippen LogP contribution in [0.5, 0.6) is 0 Å². The van der Waals surface area contributed by atoms with E-state index in [0.29, 0.717) is 22.2 Å². The number of thiazole rings is 1. The molecule has 1 heterocycles. The van der Waals surface area contributed by atoms with Crippen molar-refractivity contribution in [2.75, 3.05) is 11.6 Å². The van der Waals surface area contributed by atoms with E-state index in [1.165, 1.54) is 23.1 Å². The third-order valence-electron chi connectivity index (χ3n) is 2.41. The molecule has 0 fully saturated rings. The van der Waals surface area contributed by atoms with Crippen LogP contribution in [0.3, 0.4) is 0 Å². The lowest BCUT2D eigenvalue weighted by molar-refractivity contribution is -0.386. The number of nitrogens with zero attached hydrogens (tertiary/aromatic N) is 2. The standard InChI is InChI=1S/C11H11ClN2O2S2/c1-7(4-12)5-17-9-3-2-8-10(13-6-18-8)11(9)14(15)16/h2-3,6-7H,4-5H2,1H3. The van der Waals surface area contributed by atoms with Crippen molar-refractivity contribution in [3.8, 4) is 0 Å². The zero-order valence-electron chi connectivity index (χ0n) is 9.63. The quantitative estimate of drug-likeness (QED) is 0.360. The number of nitro benzene ring substituents is 1. The maximum absolute atomic E-state index is 11.2. The Hall–Kier alpha value is -0.850. The van der Waals surface area contributed by atoms with Gasteiger partial charge in [0.2, 0.25) is 0 Å².